The first-order valence-corrected chi connectivity index (χ1v) is 8.69. The second-order valence-corrected chi connectivity index (χ2v) is 6.77. The van der Waals surface area contributed by atoms with Crippen molar-refractivity contribution in [1.82, 2.24) is 15.0 Å². The Morgan fingerprint density at radius 1 is 0.741 bits per heavy atom. The lowest BCUT2D eigenvalue weighted by Crippen LogP contribution is -2.54. The molecule has 0 fully saturated rings. The molecule has 27 heavy (non-hydrogen) atoms. The van der Waals surface area contributed by atoms with Crippen LogP contribution >= 0.6 is 0 Å². The lowest BCUT2D eigenvalue weighted by Gasteiger charge is -2.48. The third kappa shape index (κ3) is 1.84. The van der Waals surface area contributed by atoms with E-state index in [0.29, 0.717) is 27.7 Å². The highest BCUT2D eigenvalue weighted by Gasteiger charge is 2.59. The van der Waals surface area contributed by atoms with Crippen LogP contribution in [0, 0.1) is 0 Å². The maximum atomic E-state index is 12.2. The van der Waals surface area contributed by atoms with E-state index in [4.69, 9.17) is 0 Å². The summed E-state index contributed by atoms with van der Waals surface area (Å²) >= 11 is 0. The van der Waals surface area contributed by atoms with Crippen LogP contribution in [0.2, 0.25) is 0 Å². The second-order valence-electron chi connectivity index (χ2n) is 6.77. The number of aliphatic hydroxyl groups is 2. The van der Waals surface area contributed by atoms with Crippen molar-refractivity contribution in [3.63, 3.8) is 0 Å². The summed E-state index contributed by atoms with van der Waals surface area (Å²) in [5, 5.41) is 32.6. The largest absolute Gasteiger partial charge is 0.376 e. The van der Waals surface area contributed by atoms with Crippen molar-refractivity contribution in [2.24, 2.45) is 0 Å². The normalized spacial score (nSPS) is 24.3. The summed E-state index contributed by atoms with van der Waals surface area (Å²) < 4.78 is 1.52. The van der Waals surface area contributed by atoms with Crippen LogP contribution in [0.15, 0.2) is 85.4 Å². The fourth-order valence-corrected chi connectivity index (χ4v) is 4.11. The molecule has 0 aliphatic carbocycles. The van der Waals surface area contributed by atoms with Gasteiger partial charge in [0.15, 0.2) is 11.2 Å². The van der Waals surface area contributed by atoms with Crippen molar-refractivity contribution >= 4 is 16.7 Å². The second kappa shape index (κ2) is 5.36. The molecule has 1 aromatic heterocycles. The van der Waals surface area contributed by atoms with E-state index in [1.165, 1.54) is 4.68 Å². The Morgan fingerprint density at radius 3 is 1.96 bits per heavy atom. The van der Waals surface area contributed by atoms with E-state index >= 15 is 0 Å². The molecule has 0 bridgehead atoms. The molecule has 0 radical (unpaired) electrons. The van der Waals surface area contributed by atoms with Crippen molar-refractivity contribution in [2.75, 3.05) is 0 Å². The highest BCUT2D eigenvalue weighted by atomic mass is 16.4. The zero-order chi connectivity index (χ0) is 18.6. The van der Waals surface area contributed by atoms with Crippen LogP contribution in [-0.4, -0.2) is 25.2 Å². The lowest BCUT2D eigenvalue weighted by atomic mass is 9.66. The molecule has 0 unspecified atom stereocenters. The fraction of sp³-hybridized carbons (Fsp3) is 0.0909. The number of para-hydroxylation sites is 1. The molecule has 0 spiro atoms. The molecule has 5 nitrogen and oxygen atoms in total. The molecule has 3 aromatic carbocycles. The van der Waals surface area contributed by atoms with E-state index in [1.807, 2.05) is 48.5 Å². The summed E-state index contributed by atoms with van der Waals surface area (Å²) in [7, 11) is 0. The third-order valence-electron chi connectivity index (χ3n) is 5.44. The number of nitrogens with zero attached hydrogens (tertiary/aromatic N) is 3. The van der Waals surface area contributed by atoms with Crippen molar-refractivity contribution < 1.29 is 10.2 Å². The molecule has 5 rings (SSSR count). The third-order valence-corrected chi connectivity index (χ3v) is 5.44. The van der Waals surface area contributed by atoms with Crippen LogP contribution < -0.4 is 0 Å². The van der Waals surface area contributed by atoms with Gasteiger partial charge >= 0.3 is 0 Å². The molecule has 0 saturated heterocycles. The first kappa shape index (κ1) is 15.9. The zero-order valence-electron chi connectivity index (χ0n) is 14.4. The van der Waals surface area contributed by atoms with E-state index < -0.39 is 11.2 Å². The topological polar surface area (TPSA) is 71.2 Å². The minimum Gasteiger partial charge on any atom is -0.376 e. The lowest BCUT2D eigenvalue weighted by molar-refractivity contribution is -0.106. The molecule has 2 N–H and O–H groups in total. The van der Waals surface area contributed by atoms with Gasteiger partial charge in [0, 0.05) is 5.56 Å². The van der Waals surface area contributed by atoms with Gasteiger partial charge in [-0.05, 0) is 17.2 Å². The Hall–Kier alpha value is -3.28. The molecule has 0 saturated carbocycles. The van der Waals surface area contributed by atoms with E-state index in [-0.39, 0.29) is 5.70 Å². The van der Waals surface area contributed by atoms with Gasteiger partial charge < -0.3 is 10.2 Å². The molecule has 1 aliphatic heterocycles. The maximum Gasteiger partial charge on any atom is 0.168 e. The van der Waals surface area contributed by atoms with Gasteiger partial charge in [-0.3, -0.25) is 0 Å². The van der Waals surface area contributed by atoms with Crippen LogP contribution in [0.5, 0.6) is 0 Å². The Balaban J connectivity index is 1.96. The van der Waals surface area contributed by atoms with E-state index in [2.05, 4.69) is 16.9 Å². The number of aromatic nitrogens is 3. The molecule has 4 aromatic rings. The first-order valence-electron chi connectivity index (χ1n) is 8.69. The predicted octanol–water partition coefficient (Wildman–Crippen LogP) is 3.04. The van der Waals surface area contributed by atoms with Gasteiger partial charge in [-0.2, -0.15) is 0 Å². The molecule has 0 amide bonds. The molecule has 2 atom stereocenters. The SMILES string of the molecule is C=C1n2nnc3cccc(c32)[C@](O)(c2ccccc2)[C@]1(O)c1ccccc1. The van der Waals surface area contributed by atoms with Gasteiger partial charge in [0.2, 0.25) is 0 Å². The molecule has 5 heteroatoms. The Bertz CT molecular complexity index is 1170. The van der Waals surface area contributed by atoms with Crippen LogP contribution in [0.25, 0.3) is 16.7 Å². The van der Waals surface area contributed by atoms with Crippen molar-refractivity contribution in [3.8, 4) is 0 Å². The van der Waals surface area contributed by atoms with Gasteiger partial charge in [-0.15, -0.1) is 5.10 Å². The standard InChI is InChI=1S/C22H17N3O2/c1-15-21(26,16-9-4-2-5-10-16)22(27,17-11-6-3-7-12-17)18-13-8-14-19-20(18)25(15)24-23-19/h2-14,26-27H,1H2/t21-,22-/m1/s1. The zero-order valence-corrected chi connectivity index (χ0v) is 14.4. The van der Waals surface area contributed by atoms with E-state index in [0.717, 1.165) is 0 Å². The highest BCUT2D eigenvalue weighted by molar-refractivity contribution is 5.88. The van der Waals surface area contributed by atoms with Gasteiger partial charge in [0.1, 0.15) is 11.0 Å². The molecule has 1 aliphatic rings. The van der Waals surface area contributed by atoms with E-state index in [1.54, 1.807) is 30.3 Å². The monoisotopic (exact) mass is 355 g/mol. The number of benzene rings is 3. The summed E-state index contributed by atoms with van der Waals surface area (Å²) in [5.41, 5.74) is -0.421. The van der Waals surface area contributed by atoms with Crippen molar-refractivity contribution in [3.05, 3.63) is 102 Å². The average Bonchev–Trinajstić information content (AvgIpc) is 3.17. The quantitative estimate of drug-likeness (QED) is 0.580. The Morgan fingerprint density at radius 2 is 1.33 bits per heavy atom. The first-order chi connectivity index (χ1) is 13.1. The Kier molecular flexibility index (Phi) is 3.16. The minimum absolute atomic E-state index is 0.251. The number of hydrogen-bond donors (Lipinski definition) is 2. The molecular formula is C22H17N3O2. The summed E-state index contributed by atoms with van der Waals surface area (Å²) in [5.74, 6) is 0. The summed E-state index contributed by atoms with van der Waals surface area (Å²) in [6.45, 7) is 4.11. The number of hydrogen-bond acceptors (Lipinski definition) is 4. The molecular weight excluding hydrogens is 338 g/mol. The summed E-state index contributed by atoms with van der Waals surface area (Å²) in [4.78, 5) is 0. The molecule has 2 heterocycles. The fourth-order valence-electron chi connectivity index (χ4n) is 4.11. The predicted molar refractivity (Wildman–Crippen MR) is 103 cm³/mol. The Labute approximate surface area is 155 Å². The smallest absolute Gasteiger partial charge is 0.168 e. The molecule has 132 valence electrons. The van der Waals surface area contributed by atoms with Crippen LogP contribution in [0.1, 0.15) is 16.7 Å². The van der Waals surface area contributed by atoms with Crippen LogP contribution in [0.4, 0.5) is 0 Å². The summed E-state index contributed by atoms with van der Waals surface area (Å²) in [6, 6.07) is 23.7. The van der Waals surface area contributed by atoms with Gasteiger partial charge in [0.25, 0.3) is 0 Å². The van der Waals surface area contributed by atoms with Crippen molar-refractivity contribution in [1.29, 1.82) is 0 Å². The van der Waals surface area contributed by atoms with Crippen LogP contribution in [0.3, 0.4) is 0 Å². The van der Waals surface area contributed by atoms with Crippen molar-refractivity contribution in [2.45, 2.75) is 11.2 Å². The van der Waals surface area contributed by atoms with Gasteiger partial charge in [0.05, 0.1) is 5.70 Å². The van der Waals surface area contributed by atoms with Crippen LogP contribution in [-0.2, 0) is 11.2 Å². The minimum atomic E-state index is -1.83. The number of rotatable bonds is 2. The van der Waals surface area contributed by atoms with Gasteiger partial charge in [-0.1, -0.05) is 84.6 Å². The highest BCUT2D eigenvalue weighted by Crippen LogP contribution is 2.55. The average molecular weight is 355 g/mol. The summed E-state index contributed by atoms with van der Waals surface area (Å²) in [6.07, 6.45) is 0. The van der Waals surface area contributed by atoms with Gasteiger partial charge in [-0.25, -0.2) is 4.68 Å². The maximum absolute atomic E-state index is 12.2. The van der Waals surface area contributed by atoms with E-state index in [9.17, 15) is 10.2 Å².